The molecule has 1 amide bonds. The Labute approximate surface area is 151 Å². The number of nitrogens with zero attached hydrogens (tertiary/aromatic N) is 1. The number of ether oxygens (including phenoxy) is 1. The molecule has 0 spiro atoms. The van der Waals surface area contributed by atoms with Crippen molar-refractivity contribution in [2.24, 2.45) is 0 Å². The Morgan fingerprint density at radius 2 is 1.96 bits per heavy atom. The van der Waals surface area contributed by atoms with Crippen LogP contribution in [0.5, 0.6) is 5.75 Å². The SMILES string of the molecule is CNC1CCCN(C(=O)COc2ccc(F)cc2F)C1.O=C(O)C(F)(F)F. The van der Waals surface area contributed by atoms with Gasteiger partial charge < -0.3 is 20.1 Å². The van der Waals surface area contributed by atoms with Crippen LogP contribution in [0.4, 0.5) is 22.0 Å². The van der Waals surface area contributed by atoms with Crippen LogP contribution in [0.25, 0.3) is 0 Å². The number of piperidine rings is 1. The van der Waals surface area contributed by atoms with Gasteiger partial charge in [-0.05, 0) is 32.0 Å². The van der Waals surface area contributed by atoms with Gasteiger partial charge in [-0.25, -0.2) is 13.6 Å². The van der Waals surface area contributed by atoms with Crippen molar-refractivity contribution in [3.8, 4) is 5.75 Å². The summed E-state index contributed by atoms with van der Waals surface area (Å²) < 4.78 is 63.0. The molecule has 1 fully saturated rings. The van der Waals surface area contributed by atoms with Gasteiger partial charge in [-0.2, -0.15) is 13.2 Å². The average Bonchev–Trinajstić information content (AvgIpc) is 2.60. The maximum absolute atomic E-state index is 13.4. The van der Waals surface area contributed by atoms with E-state index in [2.05, 4.69) is 5.32 Å². The van der Waals surface area contributed by atoms with E-state index in [1.54, 1.807) is 4.90 Å². The number of carboxylic acids is 1. The number of carbonyl (C=O) groups excluding carboxylic acids is 1. The molecule has 1 atom stereocenters. The zero-order valence-corrected chi connectivity index (χ0v) is 14.4. The first-order valence-electron chi connectivity index (χ1n) is 7.87. The first-order valence-corrected chi connectivity index (χ1v) is 7.87. The number of carboxylic acid groups (broad SMARTS) is 1. The predicted octanol–water partition coefficient (Wildman–Crippen LogP) is 2.19. The van der Waals surface area contributed by atoms with E-state index in [4.69, 9.17) is 14.6 Å². The molecule has 0 bridgehead atoms. The molecule has 27 heavy (non-hydrogen) atoms. The van der Waals surface area contributed by atoms with Gasteiger partial charge in [0, 0.05) is 25.2 Å². The van der Waals surface area contributed by atoms with Gasteiger partial charge in [-0.1, -0.05) is 0 Å². The Balaban J connectivity index is 0.000000445. The summed E-state index contributed by atoms with van der Waals surface area (Å²) in [5.41, 5.74) is 0. The van der Waals surface area contributed by atoms with E-state index in [1.807, 2.05) is 7.05 Å². The Hall–Kier alpha value is -2.43. The van der Waals surface area contributed by atoms with Crippen molar-refractivity contribution in [2.45, 2.75) is 25.1 Å². The molecule has 1 aliphatic heterocycles. The van der Waals surface area contributed by atoms with E-state index < -0.39 is 23.8 Å². The Bertz CT molecular complexity index is 654. The summed E-state index contributed by atoms with van der Waals surface area (Å²) in [7, 11) is 1.86. The largest absolute Gasteiger partial charge is 0.490 e. The number of benzene rings is 1. The monoisotopic (exact) mass is 398 g/mol. The maximum atomic E-state index is 13.4. The highest BCUT2D eigenvalue weighted by molar-refractivity contribution is 5.78. The third-order valence-corrected chi connectivity index (χ3v) is 3.67. The number of hydrogen-bond acceptors (Lipinski definition) is 4. The van der Waals surface area contributed by atoms with Crippen LogP contribution in [0.1, 0.15) is 12.8 Å². The fourth-order valence-electron chi connectivity index (χ4n) is 2.26. The molecule has 1 aromatic carbocycles. The van der Waals surface area contributed by atoms with E-state index in [0.29, 0.717) is 13.1 Å². The molecule has 1 heterocycles. The van der Waals surface area contributed by atoms with Gasteiger partial charge in [0.1, 0.15) is 5.82 Å². The highest BCUT2D eigenvalue weighted by atomic mass is 19.4. The summed E-state index contributed by atoms with van der Waals surface area (Å²) in [6, 6.07) is 3.30. The lowest BCUT2D eigenvalue weighted by Gasteiger charge is -2.32. The Kier molecular flexibility index (Phi) is 8.41. The Morgan fingerprint density at radius 1 is 1.33 bits per heavy atom. The van der Waals surface area contributed by atoms with Crippen molar-refractivity contribution < 1.29 is 41.4 Å². The van der Waals surface area contributed by atoms with Crippen LogP contribution in [-0.2, 0) is 9.59 Å². The van der Waals surface area contributed by atoms with Crippen molar-refractivity contribution in [3.05, 3.63) is 29.8 Å². The number of nitrogens with one attached hydrogen (secondary N) is 1. The van der Waals surface area contributed by atoms with E-state index in [1.165, 1.54) is 6.07 Å². The lowest BCUT2D eigenvalue weighted by atomic mass is 10.1. The van der Waals surface area contributed by atoms with Crippen molar-refractivity contribution in [1.82, 2.24) is 10.2 Å². The molecule has 2 N–H and O–H groups in total. The second kappa shape index (κ2) is 10.0. The number of hydrogen-bond donors (Lipinski definition) is 2. The number of halogens is 5. The van der Waals surface area contributed by atoms with Crippen molar-refractivity contribution in [3.63, 3.8) is 0 Å². The fraction of sp³-hybridized carbons (Fsp3) is 0.500. The molecule has 6 nitrogen and oxygen atoms in total. The number of likely N-dealkylation sites (N-methyl/N-ethyl adjacent to an activating group) is 1. The van der Waals surface area contributed by atoms with Crippen LogP contribution >= 0.6 is 0 Å². The van der Waals surface area contributed by atoms with Crippen molar-refractivity contribution >= 4 is 11.9 Å². The number of likely N-dealkylation sites (tertiary alicyclic amines) is 1. The molecule has 1 saturated heterocycles. The van der Waals surface area contributed by atoms with Crippen LogP contribution in [0, 0.1) is 11.6 Å². The molecule has 1 unspecified atom stereocenters. The zero-order valence-electron chi connectivity index (χ0n) is 14.4. The van der Waals surface area contributed by atoms with Crippen LogP contribution in [0.15, 0.2) is 18.2 Å². The van der Waals surface area contributed by atoms with Gasteiger partial charge in [0.15, 0.2) is 18.2 Å². The minimum Gasteiger partial charge on any atom is -0.481 e. The molecular weight excluding hydrogens is 379 g/mol. The van der Waals surface area contributed by atoms with Crippen molar-refractivity contribution in [1.29, 1.82) is 0 Å². The van der Waals surface area contributed by atoms with E-state index in [-0.39, 0.29) is 24.3 Å². The molecule has 0 aromatic heterocycles. The van der Waals surface area contributed by atoms with Crippen LogP contribution < -0.4 is 10.1 Å². The summed E-state index contributed by atoms with van der Waals surface area (Å²) in [5, 5.41) is 10.3. The maximum Gasteiger partial charge on any atom is 0.490 e. The third kappa shape index (κ3) is 7.77. The number of rotatable bonds is 4. The summed E-state index contributed by atoms with van der Waals surface area (Å²) in [4.78, 5) is 22.6. The molecule has 1 aliphatic rings. The van der Waals surface area contributed by atoms with Gasteiger partial charge in [0.2, 0.25) is 0 Å². The molecule has 0 aliphatic carbocycles. The number of amides is 1. The fourth-order valence-corrected chi connectivity index (χ4v) is 2.26. The summed E-state index contributed by atoms with van der Waals surface area (Å²) >= 11 is 0. The first kappa shape index (κ1) is 22.6. The Morgan fingerprint density at radius 3 is 2.48 bits per heavy atom. The van der Waals surface area contributed by atoms with Gasteiger partial charge in [0.05, 0.1) is 0 Å². The standard InChI is InChI=1S/C14H18F2N2O2.C2HF3O2/c1-17-11-3-2-6-18(8-11)14(19)9-20-13-5-4-10(15)7-12(13)16;3-2(4,5)1(6)7/h4-5,7,11,17H,2-3,6,8-9H2,1H3;(H,6,7). The summed E-state index contributed by atoms with van der Waals surface area (Å²) in [6.45, 7) is 1.08. The number of aliphatic carboxylic acids is 1. The minimum atomic E-state index is -5.08. The normalized spacial score (nSPS) is 17.0. The topological polar surface area (TPSA) is 78.9 Å². The molecule has 11 heteroatoms. The number of carbonyl (C=O) groups is 2. The molecule has 0 saturated carbocycles. The van der Waals surface area contributed by atoms with Crippen LogP contribution in [0.3, 0.4) is 0 Å². The number of alkyl halides is 3. The minimum absolute atomic E-state index is 0.109. The van der Waals surface area contributed by atoms with Gasteiger partial charge in [-0.15, -0.1) is 0 Å². The first-order chi connectivity index (χ1) is 12.5. The third-order valence-electron chi connectivity index (χ3n) is 3.67. The molecule has 1 aromatic rings. The average molecular weight is 398 g/mol. The summed E-state index contributed by atoms with van der Waals surface area (Å²) in [6.07, 6.45) is -3.12. The highest BCUT2D eigenvalue weighted by Crippen LogP contribution is 2.18. The van der Waals surface area contributed by atoms with E-state index >= 15 is 0 Å². The lowest BCUT2D eigenvalue weighted by molar-refractivity contribution is -0.192. The molecule has 2 rings (SSSR count). The predicted molar refractivity (Wildman–Crippen MR) is 84.2 cm³/mol. The van der Waals surface area contributed by atoms with E-state index in [9.17, 15) is 26.7 Å². The smallest absolute Gasteiger partial charge is 0.481 e. The van der Waals surface area contributed by atoms with Crippen LogP contribution in [0.2, 0.25) is 0 Å². The van der Waals surface area contributed by atoms with Crippen molar-refractivity contribution in [2.75, 3.05) is 26.7 Å². The molecule has 0 radical (unpaired) electrons. The molecule has 152 valence electrons. The second-order valence-electron chi connectivity index (χ2n) is 5.63. The highest BCUT2D eigenvalue weighted by Gasteiger charge is 2.38. The lowest BCUT2D eigenvalue weighted by Crippen LogP contribution is -2.48. The van der Waals surface area contributed by atoms with Gasteiger partial charge in [-0.3, -0.25) is 4.79 Å². The van der Waals surface area contributed by atoms with Gasteiger partial charge >= 0.3 is 12.1 Å². The van der Waals surface area contributed by atoms with E-state index in [0.717, 1.165) is 25.0 Å². The quantitative estimate of drug-likeness (QED) is 0.761. The van der Waals surface area contributed by atoms with Crippen LogP contribution in [-0.4, -0.2) is 60.8 Å². The summed E-state index contributed by atoms with van der Waals surface area (Å²) in [5.74, 6) is -4.53. The molecular formula is C16H19F5N2O4. The zero-order chi connectivity index (χ0) is 20.6. The van der Waals surface area contributed by atoms with Gasteiger partial charge in [0.25, 0.3) is 5.91 Å². The second-order valence-corrected chi connectivity index (χ2v) is 5.63.